The molecule has 2 aromatic carbocycles. The summed E-state index contributed by atoms with van der Waals surface area (Å²) in [5, 5.41) is 10.1. The number of amides is 1. The minimum atomic E-state index is -0.849. The lowest BCUT2D eigenvalue weighted by Gasteiger charge is -2.26. The first kappa shape index (κ1) is 15.0. The highest BCUT2D eigenvalue weighted by Gasteiger charge is 2.43. The quantitative estimate of drug-likeness (QED) is 0.946. The van der Waals surface area contributed by atoms with Crippen LogP contribution >= 0.6 is 0 Å². The van der Waals surface area contributed by atoms with Crippen molar-refractivity contribution in [3.05, 3.63) is 77.3 Å². The third-order valence-electron chi connectivity index (χ3n) is 3.81. The highest BCUT2D eigenvalue weighted by Crippen LogP contribution is 2.41. The number of rotatable bonds is 3. The van der Waals surface area contributed by atoms with Gasteiger partial charge in [-0.2, -0.15) is 0 Å². The Labute approximate surface area is 132 Å². The van der Waals surface area contributed by atoms with Gasteiger partial charge in [-0.05, 0) is 24.6 Å². The molecule has 1 atom stereocenters. The fourth-order valence-electron chi connectivity index (χ4n) is 2.81. The van der Waals surface area contributed by atoms with Gasteiger partial charge in [0.25, 0.3) is 5.91 Å². The van der Waals surface area contributed by atoms with Crippen LogP contribution in [0.25, 0.3) is 0 Å². The summed E-state index contributed by atoms with van der Waals surface area (Å²) < 4.78 is 14.2. The van der Waals surface area contributed by atoms with E-state index >= 15 is 0 Å². The summed E-state index contributed by atoms with van der Waals surface area (Å²) in [7, 11) is 0. The van der Waals surface area contributed by atoms with Crippen molar-refractivity contribution in [2.75, 3.05) is 4.90 Å². The Hall–Kier alpha value is -2.95. The van der Waals surface area contributed by atoms with Gasteiger partial charge in [0.05, 0.1) is 17.3 Å². The summed E-state index contributed by atoms with van der Waals surface area (Å²) in [4.78, 5) is 25.5. The van der Waals surface area contributed by atoms with E-state index in [1.807, 2.05) is 0 Å². The number of hydrogen-bond acceptors (Lipinski definition) is 3. The van der Waals surface area contributed by atoms with Gasteiger partial charge < -0.3 is 5.11 Å². The normalized spacial score (nSPS) is 17.7. The van der Waals surface area contributed by atoms with Gasteiger partial charge in [-0.25, -0.2) is 4.39 Å². The Bertz CT molecular complexity index is 814. The molecule has 0 bridgehead atoms. The topological polar surface area (TPSA) is 57.6 Å². The zero-order chi connectivity index (χ0) is 16.6. The van der Waals surface area contributed by atoms with E-state index in [4.69, 9.17) is 0 Å². The predicted molar refractivity (Wildman–Crippen MR) is 83.4 cm³/mol. The molecule has 23 heavy (non-hydrogen) atoms. The largest absolute Gasteiger partial charge is 0.503 e. The zero-order valence-electron chi connectivity index (χ0n) is 12.4. The molecule has 0 aromatic heterocycles. The third-order valence-corrected chi connectivity index (χ3v) is 3.81. The first-order valence-electron chi connectivity index (χ1n) is 7.09. The van der Waals surface area contributed by atoms with Crippen LogP contribution in [0.15, 0.2) is 65.9 Å². The number of aliphatic hydroxyl groups excluding tert-OH is 1. The summed E-state index contributed by atoms with van der Waals surface area (Å²) in [6.07, 6.45) is 0. The van der Waals surface area contributed by atoms with Crippen molar-refractivity contribution in [1.29, 1.82) is 0 Å². The Balaban J connectivity index is 2.21. The van der Waals surface area contributed by atoms with Crippen molar-refractivity contribution in [3.63, 3.8) is 0 Å². The minimum Gasteiger partial charge on any atom is -0.503 e. The maximum Gasteiger partial charge on any atom is 0.294 e. The predicted octanol–water partition coefficient (Wildman–Crippen LogP) is 3.31. The monoisotopic (exact) mass is 311 g/mol. The number of benzene rings is 2. The number of nitrogens with zero attached hydrogens (tertiary/aromatic N) is 1. The van der Waals surface area contributed by atoms with Gasteiger partial charge in [-0.3, -0.25) is 14.5 Å². The van der Waals surface area contributed by atoms with E-state index in [2.05, 4.69) is 0 Å². The Morgan fingerprint density at radius 3 is 2.30 bits per heavy atom. The molecular weight excluding hydrogens is 297 g/mol. The lowest BCUT2D eigenvalue weighted by molar-refractivity contribution is -0.117. The van der Waals surface area contributed by atoms with Crippen LogP contribution in [-0.2, 0) is 9.59 Å². The second-order valence-corrected chi connectivity index (χ2v) is 5.26. The van der Waals surface area contributed by atoms with Crippen LogP contribution in [0.2, 0.25) is 0 Å². The van der Waals surface area contributed by atoms with Gasteiger partial charge >= 0.3 is 0 Å². The summed E-state index contributed by atoms with van der Waals surface area (Å²) in [6.45, 7) is 1.28. The molecule has 3 rings (SSSR count). The molecule has 0 saturated heterocycles. The van der Waals surface area contributed by atoms with E-state index in [0.717, 1.165) is 4.90 Å². The molecule has 1 heterocycles. The van der Waals surface area contributed by atoms with Crippen LogP contribution in [0, 0.1) is 5.82 Å². The van der Waals surface area contributed by atoms with Crippen LogP contribution in [-0.4, -0.2) is 16.8 Å². The zero-order valence-corrected chi connectivity index (χ0v) is 12.4. The molecule has 0 unspecified atom stereocenters. The minimum absolute atomic E-state index is 0.0224. The highest BCUT2D eigenvalue weighted by atomic mass is 19.1. The maximum atomic E-state index is 14.2. The number of halogens is 1. The molecule has 0 aliphatic carbocycles. The second kappa shape index (κ2) is 5.68. The Kier molecular flexibility index (Phi) is 3.70. The molecule has 116 valence electrons. The summed E-state index contributed by atoms with van der Waals surface area (Å²) in [6, 6.07) is 13.7. The van der Waals surface area contributed by atoms with E-state index in [1.165, 1.54) is 25.1 Å². The molecule has 1 amide bonds. The number of hydrogen-bond donors (Lipinski definition) is 1. The van der Waals surface area contributed by atoms with Crippen molar-refractivity contribution >= 4 is 17.4 Å². The van der Waals surface area contributed by atoms with Crippen molar-refractivity contribution in [3.8, 4) is 0 Å². The molecule has 4 nitrogen and oxygen atoms in total. The lowest BCUT2D eigenvalue weighted by Crippen LogP contribution is -2.31. The molecule has 5 heteroatoms. The molecule has 0 saturated carbocycles. The van der Waals surface area contributed by atoms with Gasteiger partial charge in [0.1, 0.15) is 5.82 Å². The fourth-order valence-corrected chi connectivity index (χ4v) is 2.81. The van der Waals surface area contributed by atoms with E-state index in [0.29, 0.717) is 5.56 Å². The van der Waals surface area contributed by atoms with Gasteiger partial charge in [-0.1, -0.05) is 42.5 Å². The molecule has 2 aromatic rings. The molecule has 0 radical (unpaired) electrons. The molecule has 0 fully saturated rings. The average Bonchev–Trinajstić information content (AvgIpc) is 2.81. The van der Waals surface area contributed by atoms with E-state index in [-0.39, 0.29) is 11.3 Å². The van der Waals surface area contributed by atoms with E-state index < -0.39 is 29.3 Å². The third kappa shape index (κ3) is 2.40. The summed E-state index contributed by atoms with van der Waals surface area (Å²) in [5.74, 6) is -2.44. The van der Waals surface area contributed by atoms with E-state index in [9.17, 15) is 19.1 Å². The van der Waals surface area contributed by atoms with Crippen molar-refractivity contribution in [1.82, 2.24) is 0 Å². The average molecular weight is 311 g/mol. The number of carbonyl (C=O) groups excluding carboxylic acids is 2. The van der Waals surface area contributed by atoms with Crippen LogP contribution < -0.4 is 4.90 Å². The van der Waals surface area contributed by atoms with Crippen molar-refractivity contribution < 1.29 is 19.1 Å². The van der Waals surface area contributed by atoms with Gasteiger partial charge in [0, 0.05) is 0 Å². The number of Topliss-reactive ketones (excluding diaryl/α,β-unsaturated/α-hetero) is 1. The molecule has 1 aliphatic heterocycles. The first-order valence-corrected chi connectivity index (χ1v) is 7.09. The smallest absolute Gasteiger partial charge is 0.294 e. The molecule has 0 spiro atoms. The Morgan fingerprint density at radius 1 is 1.09 bits per heavy atom. The Morgan fingerprint density at radius 2 is 1.70 bits per heavy atom. The molecular formula is C18H14FNO3. The highest BCUT2D eigenvalue weighted by molar-refractivity contribution is 6.16. The number of para-hydroxylation sites is 1. The second-order valence-electron chi connectivity index (χ2n) is 5.26. The maximum absolute atomic E-state index is 14.2. The van der Waals surface area contributed by atoms with Crippen molar-refractivity contribution in [2.45, 2.75) is 13.0 Å². The number of aliphatic hydroxyl groups is 1. The van der Waals surface area contributed by atoms with Crippen molar-refractivity contribution in [2.24, 2.45) is 0 Å². The first-order chi connectivity index (χ1) is 11.0. The summed E-state index contributed by atoms with van der Waals surface area (Å²) in [5.41, 5.74) is 0.622. The van der Waals surface area contributed by atoms with Gasteiger partial charge in [0.2, 0.25) is 0 Å². The van der Waals surface area contributed by atoms with Crippen LogP contribution in [0.5, 0.6) is 0 Å². The molecule has 1 N–H and O–H groups in total. The standard InChI is InChI=1S/C18H14FNO3/c1-11(21)15-16(12-7-3-2-4-8-12)20(18(23)17(15)22)14-10-6-5-9-13(14)19/h2-10,16,22H,1H3/t16-/m1/s1. The summed E-state index contributed by atoms with van der Waals surface area (Å²) >= 11 is 0. The van der Waals surface area contributed by atoms with Crippen LogP contribution in [0.4, 0.5) is 10.1 Å². The van der Waals surface area contributed by atoms with Crippen LogP contribution in [0.3, 0.4) is 0 Å². The lowest BCUT2D eigenvalue weighted by atomic mass is 9.96. The number of ketones is 1. The SMILES string of the molecule is CC(=O)C1=C(O)C(=O)N(c2ccccc2F)[C@@H]1c1ccccc1. The number of carbonyl (C=O) groups is 2. The van der Waals surface area contributed by atoms with Gasteiger partial charge in [-0.15, -0.1) is 0 Å². The van der Waals surface area contributed by atoms with Gasteiger partial charge in [0.15, 0.2) is 11.5 Å². The number of anilines is 1. The molecule has 1 aliphatic rings. The van der Waals surface area contributed by atoms with E-state index in [1.54, 1.807) is 36.4 Å². The fraction of sp³-hybridized carbons (Fsp3) is 0.111. The van der Waals surface area contributed by atoms with Crippen LogP contribution in [0.1, 0.15) is 18.5 Å².